The molecule has 6 heteroatoms. The molecule has 0 aliphatic heterocycles. The largest absolute Gasteiger partial charge is 0.351 e. The number of nitrogens with one attached hydrogen (secondary N) is 1. The van der Waals surface area contributed by atoms with Gasteiger partial charge in [0.15, 0.2) is 0 Å². The first-order chi connectivity index (χ1) is 6.50. The van der Waals surface area contributed by atoms with Crippen molar-refractivity contribution in [1.82, 2.24) is 0 Å². The molecule has 3 N–H and O–H groups in total. The predicted octanol–water partition coefficient (Wildman–Crippen LogP) is 1.39. The molecule has 14 heavy (non-hydrogen) atoms. The standard InChI is InChI=1S/C8H9N3O3/c1-5-2-3-6(10-8(9)12)7(4-5)11(13)14/h2-4H,1H3,(H3,9,10,12). The summed E-state index contributed by atoms with van der Waals surface area (Å²) in [6.45, 7) is 1.72. The van der Waals surface area contributed by atoms with Crippen LogP contribution in [0.15, 0.2) is 18.2 Å². The molecule has 0 saturated carbocycles. The molecule has 2 amide bonds. The van der Waals surface area contributed by atoms with Gasteiger partial charge in [-0.1, -0.05) is 6.07 Å². The zero-order valence-electron chi connectivity index (χ0n) is 7.48. The lowest BCUT2D eigenvalue weighted by atomic mass is 10.2. The molecule has 0 unspecified atom stereocenters. The number of nitrogens with zero attached hydrogens (tertiary/aromatic N) is 1. The molecule has 0 spiro atoms. The number of carbonyl (C=O) groups excluding carboxylic acids is 1. The van der Waals surface area contributed by atoms with Gasteiger partial charge in [0.05, 0.1) is 4.92 Å². The minimum atomic E-state index is -0.822. The average Bonchev–Trinajstić information content (AvgIpc) is 2.07. The van der Waals surface area contributed by atoms with Crippen molar-refractivity contribution in [1.29, 1.82) is 0 Å². The Morgan fingerprint density at radius 3 is 2.71 bits per heavy atom. The highest BCUT2D eigenvalue weighted by Gasteiger charge is 2.14. The summed E-state index contributed by atoms with van der Waals surface area (Å²) in [5.41, 5.74) is 5.54. The van der Waals surface area contributed by atoms with E-state index < -0.39 is 11.0 Å². The Bertz CT molecular complexity index is 389. The van der Waals surface area contributed by atoms with E-state index >= 15 is 0 Å². The summed E-state index contributed by atoms with van der Waals surface area (Å²) in [5.74, 6) is 0. The second-order valence-electron chi connectivity index (χ2n) is 2.77. The van der Waals surface area contributed by atoms with Crippen molar-refractivity contribution < 1.29 is 9.72 Å². The van der Waals surface area contributed by atoms with Crippen LogP contribution in [0.1, 0.15) is 5.56 Å². The van der Waals surface area contributed by atoms with Crippen LogP contribution in [-0.4, -0.2) is 11.0 Å². The van der Waals surface area contributed by atoms with E-state index in [1.165, 1.54) is 12.1 Å². The number of primary amides is 1. The van der Waals surface area contributed by atoms with E-state index in [1.54, 1.807) is 13.0 Å². The Labute approximate surface area is 79.9 Å². The topological polar surface area (TPSA) is 98.3 Å². The molecular formula is C8H9N3O3. The van der Waals surface area contributed by atoms with Crippen molar-refractivity contribution in [2.75, 3.05) is 5.32 Å². The van der Waals surface area contributed by atoms with Gasteiger partial charge < -0.3 is 11.1 Å². The van der Waals surface area contributed by atoms with E-state index in [0.29, 0.717) is 0 Å². The smallest absolute Gasteiger partial charge is 0.316 e. The Morgan fingerprint density at radius 1 is 1.57 bits per heavy atom. The number of anilines is 1. The van der Waals surface area contributed by atoms with Gasteiger partial charge >= 0.3 is 6.03 Å². The number of urea groups is 1. The molecule has 0 saturated heterocycles. The van der Waals surface area contributed by atoms with Crippen LogP contribution in [0.4, 0.5) is 16.2 Å². The van der Waals surface area contributed by atoms with Gasteiger partial charge in [0.1, 0.15) is 5.69 Å². The monoisotopic (exact) mass is 195 g/mol. The normalized spacial score (nSPS) is 9.50. The van der Waals surface area contributed by atoms with E-state index in [9.17, 15) is 14.9 Å². The number of nitrogens with two attached hydrogens (primary N) is 1. The maximum Gasteiger partial charge on any atom is 0.316 e. The fourth-order valence-corrected chi connectivity index (χ4v) is 1.03. The maximum absolute atomic E-state index is 10.6. The molecule has 0 radical (unpaired) electrons. The average molecular weight is 195 g/mol. The lowest BCUT2D eigenvalue weighted by molar-refractivity contribution is -0.384. The second kappa shape index (κ2) is 3.73. The van der Waals surface area contributed by atoms with E-state index in [1.807, 2.05) is 0 Å². The van der Waals surface area contributed by atoms with Crippen LogP contribution < -0.4 is 11.1 Å². The molecule has 0 aromatic heterocycles. The van der Waals surface area contributed by atoms with Gasteiger partial charge in [-0.25, -0.2) is 4.79 Å². The summed E-state index contributed by atoms with van der Waals surface area (Å²) < 4.78 is 0. The van der Waals surface area contributed by atoms with Crippen molar-refractivity contribution in [3.8, 4) is 0 Å². The number of nitro benzene ring substituents is 1. The van der Waals surface area contributed by atoms with Gasteiger partial charge in [-0.15, -0.1) is 0 Å². The number of hydrogen-bond donors (Lipinski definition) is 2. The third-order valence-corrected chi connectivity index (χ3v) is 1.61. The van der Waals surface area contributed by atoms with Crippen LogP contribution in [0.2, 0.25) is 0 Å². The zero-order chi connectivity index (χ0) is 10.7. The Kier molecular flexibility index (Phi) is 2.66. The van der Waals surface area contributed by atoms with Gasteiger partial charge in [-0.3, -0.25) is 10.1 Å². The van der Waals surface area contributed by atoms with Crippen molar-refractivity contribution in [2.45, 2.75) is 6.92 Å². The first-order valence-electron chi connectivity index (χ1n) is 3.82. The van der Waals surface area contributed by atoms with Crippen molar-refractivity contribution >= 4 is 17.4 Å². The van der Waals surface area contributed by atoms with Crippen molar-refractivity contribution in [3.05, 3.63) is 33.9 Å². The Morgan fingerprint density at radius 2 is 2.21 bits per heavy atom. The highest BCUT2D eigenvalue weighted by Crippen LogP contribution is 2.24. The molecule has 6 nitrogen and oxygen atoms in total. The minimum absolute atomic E-state index is 0.105. The van der Waals surface area contributed by atoms with Gasteiger partial charge in [0, 0.05) is 6.07 Å². The summed E-state index contributed by atoms with van der Waals surface area (Å²) >= 11 is 0. The lowest BCUT2D eigenvalue weighted by Crippen LogP contribution is -2.19. The molecule has 0 atom stereocenters. The number of benzene rings is 1. The van der Waals surface area contributed by atoms with Crippen LogP contribution in [0, 0.1) is 17.0 Å². The summed E-state index contributed by atoms with van der Waals surface area (Å²) in [5, 5.41) is 12.7. The predicted molar refractivity (Wildman–Crippen MR) is 51.0 cm³/mol. The Balaban J connectivity index is 3.14. The first kappa shape index (κ1) is 9.97. The molecule has 0 aliphatic carbocycles. The molecule has 1 aromatic carbocycles. The van der Waals surface area contributed by atoms with Crippen LogP contribution >= 0.6 is 0 Å². The first-order valence-corrected chi connectivity index (χ1v) is 3.82. The van der Waals surface area contributed by atoms with Gasteiger partial charge in [-0.2, -0.15) is 0 Å². The number of carbonyl (C=O) groups is 1. The van der Waals surface area contributed by atoms with E-state index in [2.05, 4.69) is 5.32 Å². The SMILES string of the molecule is Cc1ccc(NC(N)=O)c([N+](=O)[O-])c1. The number of nitro groups is 1. The fourth-order valence-electron chi connectivity index (χ4n) is 1.03. The highest BCUT2D eigenvalue weighted by molar-refractivity contribution is 5.90. The van der Waals surface area contributed by atoms with Crippen LogP contribution in [0.3, 0.4) is 0 Å². The third kappa shape index (κ3) is 2.19. The molecule has 0 bridgehead atoms. The quantitative estimate of drug-likeness (QED) is 0.551. The van der Waals surface area contributed by atoms with E-state index in [0.717, 1.165) is 5.56 Å². The lowest BCUT2D eigenvalue weighted by Gasteiger charge is -2.03. The van der Waals surface area contributed by atoms with Crippen LogP contribution in [0.25, 0.3) is 0 Å². The van der Waals surface area contributed by atoms with Gasteiger partial charge in [0.2, 0.25) is 0 Å². The van der Waals surface area contributed by atoms with E-state index in [4.69, 9.17) is 5.73 Å². The molecule has 0 heterocycles. The summed E-state index contributed by atoms with van der Waals surface area (Å²) in [6.07, 6.45) is 0. The molecule has 1 aromatic rings. The number of amides is 2. The maximum atomic E-state index is 10.6. The second-order valence-corrected chi connectivity index (χ2v) is 2.77. The summed E-state index contributed by atoms with van der Waals surface area (Å²) in [4.78, 5) is 20.5. The van der Waals surface area contributed by atoms with E-state index in [-0.39, 0.29) is 11.4 Å². The minimum Gasteiger partial charge on any atom is -0.351 e. The molecular weight excluding hydrogens is 186 g/mol. The molecule has 74 valence electrons. The Hall–Kier alpha value is -2.11. The zero-order valence-corrected chi connectivity index (χ0v) is 7.48. The molecule has 0 fully saturated rings. The fraction of sp³-hybridized carbons (Fsp3) is 0.125. The van der Waals surface area contributed by atoms with Crippen LogP contribution in [0.5, 0.6) is 0 Å². The van der Waals surface area contributed by atoms with Crippen molar-refractivity contribution in [3.63, 3.8) is 0 Å². The van der Waals surface area contributed by atoms with Gasteiger partial charge in [-0.05, 0) is 18.6 Å². The number of hydrogen-bond acceptors (Lipinski definition) is 3. The number of rotatable bonds is 2. The van der Waals surface area contributed by atoms with Gasteiger partial charge in [0.25, 0.3) is 5.69 Å². The number of aryl methyl sites for hydroxylation is 1. The third-order valence-electron chi connectivity index (χ3n) is 1.61. The molecule has 1 rings (SSSR count). The molecule has 0 aliphatic rings. The van der Waals surface area contributed by atoms with Crippen molar-refractivity contribution in [2.24, 2.45) is 5.73 Å². The summed E-state index contributed by atoms with van der Waals surface area (Å²) in [7, 11) is 0. The summed E-state index contributed by atoms with van der Waals surface area (Å²) in [6, 6.07) is 3.64. The highest BCUT2D eigenvalue weighted by atomic mass is 16.6. The van der Waals surface area contributed by atoms with Crippen LogP contribution in [-0.2, 0) is 0 Å².